The topological polar surface area (TPSA) is 114 Å². The number of anilines is 1. The Hall–Kier alpha value is -3.55. The van der Waals surface area contributed by atoms with Crippen LogP contribution in [0.25, 0.3) is 0 Å². The summed E-state index contributed by atoms with van der Waals surface area (Å²) in [6.45, 7) is 3.61. The van der Waals surface area contributed by atoms with Crippen LogP contribution in [0.1, 0.15) is 37.3 Å². The second-order valence-electron chi connectivity index (χ2n) is 6.12. The van der Waals surface area contributed by atoms with Crippen molar-refractivity contribution >= 4 is 28.9 Å². The molecular weight excluding hydrogens is 360 g/mol. The van der Waals surface area contributed by atoms with Crippen LogP contribution in [0.15, 0.2) is 53.6 Å². The number of rotatable bonds is 8. The van der Waals surface area contributed by atoms with Gasteiger partial charge in [-0.1, -0.05) is 37.3 Å². The molecule has 2 amide bonds. The van der Waals surface area contributed by atoms with Crippen molar-refractivity contribution in [1.82, 2.24) is 5.43 Å². The molecule has 0 radical (unpaired) electrons. The summed E-state index contributed by atoms with van der Waals surface area (Å²) < 4.78 is 0. The average molecular weight is 382 g/mol. The number of nitrogens with one attached hydrogen (secondary N) is 2. The Labute approximate surface area is 162 Å². The lowest BCUT2D eigenvalue weighted by molar-refractivity contribution is -0.384. The van der Waals surface area contributed by atoms with Gasteiger partial charge in [0.25, 0.3) is 5.69 Å². The van der Waals surface area contributed by atoms with Gasteiger partial charge in [0.05, 0.1) is 10.6 Å². The lowest BCUT2D eigenvalue weighted by Crippen LogP contribution is -2.22. The normalized spacial score (nSPS) is 11.0. The number of non-ortho nitro benzene ring substituents is 1. The summed E-state index contributed by atoms with van der Waals surface area (Å²) in [6.07, 6.45) is 0.613. The molecule has 0 spiro atoms. The number of nitro groups is 1. The number of hydrazone groups is 1. The van der Waals surface area contributed by atoms with Crippen molar-refractivity contribution in [3.05, 3.63) is 69.8 Å². The van der Waals surface area contributed by atoms with Crippen molar-refractivity contribution in [3.8, 4) is 0 Å². The number of carbonyl (C=O) groups excluding carboxylic acids is 2. The van der Waals surface area contributed by atoms with Crippen LogP contribution < -0.4 is 10.7 Å². The van der Waals surface area contributed by atoms with Gasteiger partial charge in [0.1, 0.15) is 0 Å². The van der Waals surface area contributed by atoms with Crippen LogP contribution >= 0.6 is 0 Å². The molecule has 2 rings (SSSR count). The highest BCUT2D eigenvalue weighted by atomic mass is 16.6. The highest BCUT2D eigenvalue weighted by Crippen LogP contribution is 2.21. The summed E-state index contributed by atoms with van der Waals surface area (Å²) in [5.74, 6) is -0.715. The Bertz CT molecular complexity index is 894. The van der Waals surface area contributed by atoms with E-state index in [9.17, 15) is 19.7 Å². The fourth-order valence-electron chi connectivity index (χ4n) is 2.51. The Balaban J connectivity index is 1.86. The number of nitrogens with zero attached hydrogens (tertiary/aromatic N) is 2. The fraction of sp³-hybridized carbons (Fsp3) is 0.250. The Morgan fingerprint density at radius 3 is 2.36 bits per heavy atom. The summed E-state index contributed by atoms with van der Waals surface area (Å²) in [6, 6.07) is 13.7. The van der Waals surface area contributed by atoms with E-state index in [1.807, 2.05) is 37.3 Å². The van der Waals surface area contributed by atoms with Crippen LogP contribution in [0.5, 0.6) is 0 Å². The van der Waals surface area contributed by atoms with Crippen LogP contribution in [0, 0.1) is 17.0 Å². The maximum Gasteiger partial charge on any atom is 0.269 e. The molecule has 0 aliphatic heterocycles. The van der Waals surface area contributed by atoms with E-state index in [0.29, 0.717) is 17.7 Å². The van der Waals surface area contributed by atoms with Crippen molar-refractivity contribution in [1.29, 1.82) is 0 Å². The van der Waals surface area contributed by atoms with E-state index in [1.165, 1.54) is 18.2 Å². The van der Waals surface area contributed by atoms with Gasteiger partial charge in [-0.3, -0.25) is 19.7 Å². The van der Waals surface area contributed by atoms with Crippen molar-refractivity contribution in [2.24, 2.45) is 5.10 Å². The highest BCUT2D eigenvalue weighted by Gasteiger charge is 2.12. The van der Waals surface area contributed by atoms with E-state index in [-0.39, 0.29) is 30.3 Å². The maximum atomic E-state index is 12.0. The lowest BCUT2D eigenvalue weighted by Gasteiger charge is -2.08. The molecule has 2 aromatic rings. The molecule has 0 atom stereocenters. The minimum absolute atomic E-state index is 0.0207. The standard InChI is InChI=1S/C20H22N4O4/c1-3-17(15-7-5-4-6-8-15)22-23-20(26)12-11-19(25)21-18-10-9-16(24(27)28)13-14(18)2/h4-10,13H,3,11-12H2,1-2H3,(H,21,25)(H,23,26)/b22-17-. The maximum absolute atomic E-state index is 12.0. The number of benzene rings is 2. The van der Waals surface area contributed by atoms with E-state index in [1.54, 1.807) is 6.92 Å². The minimum Gasteiger partial charge on any atom is -0.326 e. The highest BCUT2D eigenvalue weighted by molar-refractivity contribution is 6.01. The third-order valence-electron chi connectivity index (χ3n) is 4.03. The SMILES string of the molecule is CC/C(=N/NC(=O)CCC(=O)Nc1ccc([N+](=O)[O-])cc1C)c1ccccc1. The number of hydrogen-bond donors (Lipinski definition) is 2. The minimum atomic E-state index is -0.497. The lowest BCUT2D eigenvalue weighted by atomic mass is 10.1. The summed E-state index contributed by atoms with van der Waals surface area (Å²) in [5, 5.41) is 17.5. The van der Waals surface area contributed by atoms with E-state index in [0.717, 1.165) is 11.3 Å². The van der Waals surface area contributed by atoms with Crippen molar-refractivity contribution < 1.29 is 14.5 Å². The van der Waals surface area contributed by atoms with Gasteiger partial charge in [-0.05, 0) is 30.5 Å². The Morgan fingerprint density at radius 1 is 1.07 bits per heavy atom. The molecule has 8 nitrogen and oxygen atoms in total. The van der Waals surface area contributed by atoms with E-state index < -0.39 is 4.92 Å². The fourth-order valence-corrected chi connectivity index (χ4v) is 2.51. The van der Waals surface area contributed by atoms with Gasteiger partial charge in [0, 0.05) is 30.7 Å². The van der Waals surface area contributed by atoms with Gasteiger partial charge in [-0.15, -0.1) is 0 Å². The predicted octanol–water partition coefficient (Wildman–Crippen LogP) is 3.55. The molecule has 0 bridgehead atoms. The van der Waals surface area contributed by atoms with Gasteiger partial charge in [0.2, 0.25) is 11.8 Å². The predicted molar refractivity (Wildman–Crippen MR) is 107 cm³/mol. The second-order valence-corrected chi connectivity index (χ2v) is 6.12. The van der Waals surface area contributed by atoms with Crippen LogP contribution in [-0.2, 0) is 9.59 Å². The van der Waals surface area contributed by atoms with Crippen LogP contribution in [0.4, 0.5) is 11.4 Å². The molecule has 0 aromatic heterocycles. The zero-order chi connectivity index (χ0) is 20.5. The van der Waals surface area contributed by atoms with Crippen molar-refractivity contribution in [3.63, 3.8) is 0 Å². The molecule has 2 aromatic carbocycles. The molecule has 28 heavy (non-hydrogen) atoms. The molecule has 0 saturated heterocycles. The first-order chi connectivity index (χ1) is 13.4. The van der Waals surface area contributed by atoms with Crippen molar-refractivity contribution in [2.45, 2.75) is 33.1 Å². The first-order valence-corrected chi connectivity index (χ1v) is 8.86. The van der Waals surface area contributed by atoms with Gasteiger partial charge in [-0.2, -0.15) is 5.10 Å². The Morgan fingerprint density at radius 2 is 1.75 bits per heavy atom. The van der Waals surface area contributed by atoms with Crippen LogP contribution in [-0.4, -0.2) is 22.4 Å². The molecule has 2 N–H and O–H groups in total. The third-order valence-corrected chi connectivity index (χ3v) is 4.03. The van der Waals surface area contributed by atoms with Crippen LogP contribution in [0.3, 0.4) is 0 Å². The van der Waals surface area contributed by atoms with Gasteiger partial charge >= 0.3 is 0 Å². The van der Waals surface area contributed by atoms with E-state index >= 15 is 0 Å². The summed E-state index contributed by atoms with van der Waals surface area (Å²) in [5.41, 5.74) is 5.16. The van der Waals surface area contributed by atoms with E-state index in [4.69, 9.17) is 0 Å². The first-order valence-electron chi connectivity index (χ1n) is 8.86. The molecular formula is C20H22N4O4. The van der Waals surface area contributed by atoms with Gasteiger partial charge < -0.3 is 5.32 Å². The molecule has 146 valence electrons. The number of aryl methyl sites for hydroxylation is 1. The average Bonchev–Trinajstić information content (AvgIpc) is 2.69. The number of hydrogen-bond acceptors (Lipinski definition) is 5. The smallest absolute Gasteiger partial charge is 0.269 e. The second kappa shape index (κ2) is 9.96. The molecule has 0 aliphatic carbocycles. The molecule has 8 heteroatoms. The van der Waals surface area contributed by atoms with E-state index in [2.05, 4.69) is 15.8 Å². The summed E-state index contributed by atoms with van der Waals surface area (Å²) in [7, 11) is 0. The third kappa shape index (κ3) is 6.01. The summed E-state index contributed by atoms with van der Waals surface area (Å²) in [4.78, 5) is 34.3. The quantitative estimate of drug-likeness (QED) is 0.413. The number of amides is 2. The zero-order valence-electron chi connectivity index (χ0n) is 15.8. The monoisotopic (exact) mass is 382 g/mol. The largest absolute Gasteiger partial charge is 0.326 e. The zero-order valence-corrected chi connectivity index (χ0v) is 15.8. The molecule has 0 fully saturated rings. The molecule has 0 heterocycles. The number of carbonyl (C=O) groups is 2. The van der Waals surface area contributed by atoms with Gasteiger partial charge in [0.15, 0.2) is 0 Å². The number of nitro benzene ring substituents is 1. The van der Waals surface area contributed by atoms with Crippen molar-refractivity contribution in [2.75, 3.05) is 5.32 Å². The molecule has 0 unspecified atom stereocenters. The first kappa shape index (κ1) is 20.8. The van der Waals surface area contributed by atoms with Gasteiger partial charge in [-0.25, -0.2) is 5.43 Å². The summed E-state index contributed by atoms with van der Waals surface area (Å²) >= 11 is 0. The molecule has 0 aliphatic rings. The molecule has 0 saturated carbocycles. The van der Waals surface area contributed by atoms with Crippen LogP contribution in [0.2, 0.25) is 0 Å². The Kier molecular flexibility index (Phi) is 7.38.